The highest BCUT2D eigenvalue weighted by molar-refractivity contribution is 5.32. The van der Waals surface area contributed by atoms with Crippen LogP contribution in [0.1, 0.15) is 39.7 Å². The van der Waals surface area contributed by atoms with Crippen LogP contribution in [0.3, 0.4) is 0 Å². The summed E-state index contributed by atoms with van der Waals surface area (Å²) in [5.41, 5.74) is 1.40. The van der Waals surface area contributed by atoms with Gasteiger partial charge in [-0.05, 0) is 44.1 Å². The lowest BCUT2D eigenvalue weighted by Crippen LogP contribution is -2.26. The Balaban J connectivity index is 0.00000106. The molecule has 1 heterocycles. The predicted molar refractivity (Wildman–Crippen MR) is 73.9 cm³/mol. The molecule has 0 amide bonds. The molecule has 0 aromatic carbocycles. The third kappa shape index (κ3) is 4.23. The molecule has 0 aliphatic rings. The average Bonchev–Trinajstić information content (AvgIpc) is 2.72. The molecule has 2 N–H and O–H groups in total. The summed E-state index contributed by atoms with van der Waals surface area (Å²) in [6.07, 6.45) is 8.70. The minimum absolute atomic E-state index is 1.03. The van der Waals surface area contributed by atoms with Crippen molar-refractivity contribution in [3.05, 3.63) is 22.3 Å². The molecule has 0 saturated heterocycles. The standard InChI is InChI=1S/C12H20N2.C2H6/c1-4-6-12-11(5-2)10(9-14-12)7-8-13-3;1-2/h5-6,9,13-14H,4,7-8H2,1-3H3;1-2H3/b11-5-,12-6+;. The minimum atomic E-state index is 1.03. The van der Waals surface area contributed by atoms with Crippen LogP contribution in [0.2, 0.25) is 0 Å². The SMILES string of the molecule is C/C=c1/c(CCNC)c[nH]/c1=C/CC.CC. The van der Waals surface area contributed by atoms with Gasteiger partial charge in [0, 0.05) is 11.5 Å². The maximum absolute atomic E-state index is 3.32. The Kier molecular flexibility index (Phi) is 8.64. The highest BCUT2D eigenvalue weighted by atomic mass is 14.8. The number of likely N-dealkylation sites (N-methyl/N-ethyl adjacent to an activating group) is 1. The molecular formula is C14H26N2. The number of H-pyrrole nitrogens is 1. The lowest BCUT2D eigenvalue weighted by molar-refractivity contribution is 0.790. The van der Waals surface area contributed by atoms with Crippen LogP contribution < -0.4 is 15.9 Å². The van der Waals surface area contributed by atoms with Gasteiger partial charge >= 0.3 is 0 Å². The predicted octanol–water partition coefficient (Wildman–Crippen LogP) is 1.79. The van der Waals surface area contributed by atoms with Crippen LogP contribution in [-0.4, -0.2) is 18.6 Å². The molecule has 0 radical (unpaired) electrons. The number of rotatable bonds is 4. The molecule has 0 atom stereocenters. The van der Waals surface area contributed by atoms with E-state index >= 15 is 0 Å². The third-order valence-corrected chi connectivity index (χ3v) is 2.38. The molecule has 1 aromatic rings. The minimum Gasteiger partial charge on any atom is -0.361 e. The lowest BCUT2D eigenvalue weighted by Gasteiger charge is -1.95. The molecule has 0 aliphatic carbocycles. The monoisotopic (exact) mass is 222 g/mol. The molecule has 2 heteroatoms. The fourth-order valence-corrected chi connectivity index (χ4v) is 1.67. The van der Waals surface area contributed by atoms with Gasteiger partial charge in [0.25, 0.3) is 0 Å². The number of aromatic amines is 1. The van der Waals surface area contributed by atoms with Gasteiger partial charge in [-0.25, -0.2) is 0 Å². The van der Waals surface area contributed by atoms with E-state index in [2.05, 4.69) is 42.5 Å². The lowest BCUT2D eigenvalue weighted by atomic mass is 10.2. The number of hydrogen-bond acceptors (Lipinski definition) is 1. The smallest absolute Gasteiger partial charge is 0.0412 e. The first-order valence-electron chi connectivity index (χ1n) is 6.30. The summed E-state index contributed by atoms with van der Waals surface area (Å²) in [6, 6.07) is 0. The molecule has 0 spiro atoms. The second kappa shape index (κ2) is 9.22. The normalized spacial score (nSPS) is 12.6. The Morgan fingerprint density at radius 1 is 1.38 bits per heavy atom. The zero-order valence-corrected chi connectivity index (χ0v) is 11.4. The average molecular weight is 222 g/mol. The summed E-state index contributed by atoms with van der Waals surface area (Å²) in [5.74, 6) is 0. The molecule has 0 unspecified atom stereocenters. The summed E-state index contributed by atoms with van der Waals surface area (Å²) >= 11 is 0. The van der Waals surface area contributed by atoms with E-state index in [9.17, 15) is 0 Å². The summed E-state index contributed by atoms with van der Waals surface area (Å²) in [6.45, 7) is 9.29. The molecule has 92 valence electrons. The Hall–Kier alpha value is -1.02. The fraction of sp³-hybridized carbons (Fsp3) is 0.571. The molecule has 0 saturated carbocycles. The van der Waals surface area contributed by atoms with E-state index in [4.69, 9.17) is 0 Å². The third-order valence-electron chi connectivity index (χ3n) is 2.38. The Bertz CT molecular complexity index is 374. The van der Waals surface area contributed by atoms with Crippen molar-refractivity contribution in [3.8, 4) is 0 Å². The summed E-state index contributed by atoms with van der Waals surface area (Å²) in [7, 11) is 1.99. The topological polar surface area (TPSA) is 27.8 Å². The Morgan fingerprint density at radius 3 is 2.56 bits per heavy atom. The van der Waals surface area contributed by atoms with Crippen molar-refractivity contribution in [2.45, 2.75) is 40.5 Å². The van der Waals surface area contributed by atoms with Crippen LogP contribution in [0, 0.1) is 0 Å². The van der Waals surface area contributed by atoms with Gasteiger partial charge in [-0.1, -0.05) is 32.9 Å². The molecular weight excluding hydrogens is 196 g/mol. The summed E-state index contributed by atoms with van der Waals surface area (Å²) in [5, 5.41) is 5.80. The van der Waals surface area contributed by atoms with Crippen molar-refractivity contribution < 1.29 is 0 Å². The van der Waals surface area contributed by atoms with Gasteiger partial charge < -0.3 is 10.3 Å². The van der Waals surface area contributed by atoms with Gasteiger partial charge in [-0.2, -0.15) is 0 Å². The van der Waals surface area contributed by atoms with E-state index in [0.29, 0.717) is 0 Å². The van der Waals surface area contributed by atoms with Crippen LogP contribution in [-0.2, 0) is 6.42 Å². The van der Waals surface area contributed by atoms with E-state index in [-0.39, 0.29) is 0 Å². The molecule has 2 nitrogen and oxygen atoms in total. The van der Waals surface area contributed by atoms with Crippen molar-refractivity contribution in [2.75, 3.05) is 13.6 Å². The molecule has 0 fully saturated rings. The first-order chi connectivity index (χ1) is 7.83. The zero-order chi connectivity index (χ0) is 12.4. The summed E-state index contributed by atoms with van der Waals surface area (Å²) in [4.78, 5) is 3.32. The molecule has 1 aromatic heterocycles. The van der Waals surface area contributed by atoms with Crippen LogP contribution in [0.25, 0.3) is 12.2 Å². The van der Waals surface area contributed by atoms with E-state index in [1.165, 1.54) is 16.1 Å². The van der Waals surface area contributed by atoms with E-state index in [1.807, 2.05) is 20.9 Å². The van der Waals surface area contributed by atoms with E-state index < -0.39 is 0 Å². The fourth-order valence-electron chi connectivity index (χ4n) is 1.67. The van der Waals surface area contributed by atoms with Gasteiger partial charge in [0.2, 0.25) is 0 Å². The first kappa shape index (κ1) is 15.0. The Labute approximate surface area is 99.5 Å². The first-order valence-corrected chi connectivity index (χ1v) is 6.30. The van der Waals surface area contributed by atoms with Crippen molar-refractivity contribution in [3.63, 3.8) is 0 Å². The van der Waals surface area contributed by atoms with Gasteiger partial charge in [0.15, 0.2) is 0 Å². The number of hydrogen-bond donors (Lipinski definition) is 2. The van der Waals surface area contributed by atoms with Crippen molar-refractivity contribution in [1.82, 2.24) is 10.3 Å². The van der Waals surface area contributed by atoms with Crippen molar-refractivity contribution >= 4 is 12.2 Å². The van der Waals surface area contributed by atoms with Gasteiger partial charge in [-0.3, -0.25) is 0 Å². The second-order valence-corrected chi connectivity index (χ2v) is 3.40. The second-order valence-electron chi connectivity index (χ2n) is 3.40. The van der Waals surface area contributed by atoms with Gasteiger partial charge in [-0.15, -0.1) is 0 Å². The molecule has 1 rings (SSSR count). The maximum Gasteiger partial charge on any atom is 0.0412 e. The largest absolute Gasteiger partial charge is 0.361 e. The highest BCUT2D eigenvalue weighted by Gasteiger charge is 1.97. The van der Waals surface area contributed by atoms with Crippen molar-refractivity contribution in [2.24, 2.45) is 0 Å². The highest BCUT2D eigenvalue weighted by Crippen LogP contribution is 1.87. The number of aromatic nitrogens is 1. The van der Waals surface area contributed by atoms with E-state index in [1.54, 1.807) is 0 Å². The molecule has 0 aliphatic heterocycles. The van der Waals surface area contributed by atoms with Crippen LogP contribution in [0.4, 0.5) is 0 Å². The van der Waals surface area contributed by atoms with Crippen LogP contribution in [0.15, 0.2) is 6.20 Å². The van der Waals surface area contributed by atoms with E-state index in [0.717, 1.165) is 19.4 Å². The summed E-state index contributed by atoms with van der Waals surface area (Å²) < 4.78 is 0. The van der Waals surface area contributed by atoms with Gasteiger partial charge in [0.05, 0.1) is 0 Å². The van der Waals surface area contributed by atoms with Crippen LogP contribution in [0.5, 0.6) is 0 Å². The van der Waals surface area contributed by atoms with Crippen molar-refractivity contribution in [1.29, 1.82) is 0 Å². The zero-order valence-electron chi connectivity index (χ0n) is 11.4. The Morgan fingerprint density at radius 2 is 2.06 bits per heavy atom. The quantitative estimate of drug-likeness (QED) is 0.799. The maximum atomic E-state index is 3.32. The molecule has 16 heavy (non-hydrogen) atoms. The van der Waals surface area contributed by atoms with Gasteiger partial charge in [0.1, 0.15) is 0 Å². The van der Waals surface area contributed by atoms with Crippen LogP contribution >= 0.6 is 0 Å². The molecule has 0 bridgehead atoms. The number of nitrogens with one attached hydrogen (secondary N) is 2.